The van der Waals surface area contributed by atoms with Crippen molar-refractivity contribution in [1.29, 1.82) is 0 Å². The summed E-state index contributed by atoms with van der Waals surface area (Å²) >= 11 is 0. The third-order valence-corrected chi connectivity index (χ3v) is 4.79. The van der Waals surface area contributed by atoms with E-state index in [9.17, 15) is 4.79 Å². The molecule has 0 aliphatic carbocycles. The maximum atomic E-state index is 12.2. The highest BCUT2D eigenvalue weighted by Gasteiger charge is 2.26. The number of likely N-dealkylation sites (tertiary alicyclic amines) is 1. The minimum atomic E-state index is 0.224. The lowest BCUT2D eigenvalue weighted by molar-refractivity contribution is -0.131. The van der Waals surface area contributed by atoms with Gasteiger partial charge in [0.1, 0.15) is 5.82 Å². The van der Waals surface area contributed by atoms with Crippen LogP contribution in [0.25, 0.3) is 0 Å². The fourth-order valence-corrected chi connectivity index (χ4v) is 3.28. The summed E-state index contributed by atoms with van der Waals surface area (Å²) in [5, 5.41) is 8.76. The second-order valence-electron chi connectivity index (χ2n) is 6.51. The van der Waals surface area contributed by atoms with Gasteiger partial charge in [-0.2, -0.15) is 0 Å². The molecule has 2 aromatic rings. The number of aromatic nitrogens is 5. The van der Waals surface area contributed by atoms with Gasteiger partial charge >= 0.3 is 0 Å². The zero-order valence-corrected chi connectivity index (χ0v) is 15.0. The molecule has 1 fully saturated rings. The molecule has 0 atom stereocenters. The van der Waals surface area contributed by atoms with Crippen molar-refractivity contribution >= 4 is 5.91 Å². The van der Waals surface area contributed by atoms with Gasteiger partial charge in [-0.1, -0.05) is 19.1 Å². The molecule has 0 aromatic carbocycles. The Kier molecular flexibility index (Phi) is 5.63. The van der Waals surface area contributed by atoms with Crippen LogP contribution >= 0.6 is 0 Å². The van der Waals surface area contributed by atoms with E-state index in [4.69, 9.17) is 0 Å². The van der Waals surface area contributed by atoms with Crippen molar-refractivity contribution in [3.8, 4) is 0 Å². The van der Waals surface area contributed by atoms with E-state index in [0.717, 1.165) is 44.0 Å². The molecule has 7 heteroatoms. The molecule has 3 heterocycles. The van der Waals surface area contributed by atoms with E-state index in [2.05, 4.69) is 26.7 Å². The van der Waals surface area contributed by atoms with Crippen molar-refractivity contribution < 1.29 is 4.79 Å². The molecule has 0 bridgehead atoms. The van der Waals surface area contributed by atoms with Gasteiger partial charge in [0.25, 0.3) is 0 Å². The number of hydrogen-bond donors (Lipinski definition) is 0. The molecule has 0 saturated carbocycles. The molecule has 1 aliphatic rings. The summed E-state index contributed by atoms with van der Waals surface area (Å²) in [6.45, 7) is 4.35. The van der Waals surface area contributed by atoms with Crippen LogP contribution in [0.4, 0.5) is 0 Å². The lowest BCUT2D eigenvalue weighted by Gasteiger charge is -2.31. The summed E-state index contributed by atoms with van der Waals surface area (Å²) in [6.07, 6.45) is 12.9. The topological polar surface area (TPSA) is 68.8 Å². The minimum Gasteiger partial charge on any atom is -0.342 e. The Morgan fingerprint density at radius 2 is 2.08 bits per heavy atom. The molecule has 0 spiro atoms. The first kappa shape index (κ1) is 17.4. The maximum Gasteiger partial charge on any atom is 0.226 e. The number of nitrogens with zero attached hydrogens (tertiary/aromatic N) is 6. The van der Waals surface area contributed by atoms with Crippen LogP contribution in [0.5, 0.6) is 0 Å². The predicted octanol–water partition coefficient (Wildman–Crippen LogP) is 2.12. The van der Waals surface area contributed by atoms with Crippen LogP contribution in [0.3, 0.4) is 0 Å². The number of rotatable bonds is 6. The van der Waals surface area contributed by atoms with Crippen molar-refractivity contribution in [1.82, 2.24) is 29.2 Å². The highest BCUT2D eigenvalue weighted by Crippen LogP contribution is 2.27. The fraction of sp³-hybridized carbons (Fsp3) is 0.556. The van der Waals surface area contributed by atoms with E-state index in [1.54, 1.807) is 12.5 Å². The Hall–Kier alpha value is -2.44. The number of amides is 1. The highest BCUT2D eigenvalue weighted by molar-refractivity contribution is 5.77. The van der Waals surface area contributed by atoms with Crippen molar-refractivity contribution in [2.75, 3.05) is 13.1 Å². The van der Waals surface area contributed by atoms with E-state index in [0.29, 0.717) is 18.9 Å². The normalized spacial score (nSPS) is 16.0. The van der Waals surface area contributed by atoms with E-state index in [1.165, 1.54) is 0 Å². The number of piperidine rings is 1. The van der Waals surface area contributed by atoms with Crippen LogP contribution in [0.2, 0.25) is 0 Å². The number of hydrogen-bond acceptors (Lipinski definition) is 4. The standard InChI is InChI=1S/C18H26N6O/c1-3-4-5-6-17(25)24-10-7-15(8-11-24)18-21-20-16(22(18)2)13-23-12-9-19-14-23/h4-5,9,12,14-15H,3,6-8,10-11,13H2,1-2H3. The smallest absolute Gasteiger partial charge is 0.226 e. The quantitative estimate of drug-likeness (QED) is 0.754. The van der Waals surface area contributed by atoms with Gasteiger partial charge in [0.15, 0.2) is 5.82 Å². The molecular formula is C18H26N6O. The van der Waals surface area contributed by atoms with Gasteiger partial charge < -0.3 is 14.0 Å². The van der Waals surface area contributed by atoms with Gasteiger partial charge in [-0.15, -0.1) is 10.2 Å². The minimum absolute atomic E-state index is 0.224. The fourth-order valence-electron chi connectivity index (χ4n) is 3.28. The first-order valence-corrected chi connectivity index (χ1v) is 8.95. The van der Waals surface area contributed by atoms with Crippen LogP contribution in [0.15, 0.2) is 30.9 Å². The first-order valence-electron chi connectivity index (χ1n) is 8.95. The van der Waals surface area contributed by atoms with Crippen molar-refractivity contribution in [3.63, 3.8) is 0 Å². The van der Waals surface area contributed by atoms with Gasteiger partial charge in [0.05, 0.1) is 12.9 Å². The molecule has 3 rings (SSSR count). The third kappa shape index (κ3) is 4.15. The van der Waals surface area contributed by atoms with Gasteiger partial charge in [-0.05, 0) is 19.3 Å². The Morgan fingerprint density at radius 1 is 1.28 bits per heavy atom. The molecule has 134 valence electrons. The molecule has 1 aliphatic heterocycles. The maximum absolute atomic E-state index is 12.2. The second kappa shape index (κ2) is 8.09. The monoisotopic (exact) mass is 342 g/mol. The highest BCUT2D eigenvalue weighted by atomic mass is 16.2. The average molecular weight is 342 g/mol. The van der Waals surface area contributed by atoms with Gasteiger partial charge in [0, 0.05) is 44.9 Å². The zero-order valence-electron chi connectivity index (χ0n) is 15.0. The van der Waals surface area contributed by atoms with E-state index in [1.807, 2.05) is 34.9 Å². The molecule has 1 saturated heterocycles. The molecular weight excluding hydrogens is 316 g/mol. The molecule has 0 radical (unpaired) electrons. The second-order valence-corrected chi connectivity index (χ2v) is 6.51. The van der Waals surface area contributed by atoms with Crippen LogP contribution in [0, 0.1) is 0 Å². The van der Waals surface area contributed by atoms with Crippen LogP contribution < -0.4 is 0 Å². The molecule has 7 nitrogen and oxygen atoms in total. The molecule has 25 heavy (non-hydrogen) atoms. The summed E-state index contributed by atoms with van der Waals surface area (Å²) in [6, 6.07) is 0. The van der Waals surface area contributed by atoms with E-state index >= 15 is 0 Å². The Labute approximate surface area is 148 Å². The molecule has 1 amide bonds. The molecule has 0 unspecified atom stereocenters. The van der Waals surface area contributed by atoms with Gasteiger partial charge in [-0.3, -0.25) is 4.79 Å². The summed E-state index contributed by atoms with van der Waals surface area (Å²) < 4.78 is 4.07. The zero-order chi connectivity index (χ0) is 17.6. The van der Waals surface area contributed by atoms with Crippen LogP contribution in [0.1, 0.15) is 50.2 Å². The predicted molar refractivity (Wildman–Crippen MR) is 94.9 cm³/mol. The van der Waals surface area contributed by atoms with Crippen molar-refractivity contribution in [3.05, 3.63) is 42.5 Å². The SMILES string of the molecule is CCC=CCC(=O)N1CCC(c2nnc(Cn3ccnc3)n2C)CC1. The Bertz CT molecular complexity index is 710. The lowest BCUT2D eigenvalue weighted by Crippen LogP contribution is -2.38. The van der Waals surface area contributed by atoms with E-state index < -0.39 is 0 Å². The van der Waals surface area contributed by atoms with Gasteiger partial charge in [-0.25, -0.2) is 4.98 Å². The van der Waals surface area contributed by atoms with Crippen molar-refractivity contribution in [2.45, 2.75) is 45.1 Å². The number of carbonyl (C=O) groups is 1. The lowest BCUT2D eigenvalue weighted by atomic mass is 9.95. The average Bonchev–Trinajstić information content (AvgIpc) is 3.26. The first-order chi connectivity index (χ1) is 12.2. The third-order valence-electron chi connectivity index (χ3n) is 4.79. The largest absolute Gasteiger partial charge is 0.342 e. The number of carbonyl (C=O) groups excluding carboxylic acids is 1. The number of imidazole rings is 1. The van der Waals surface area contributed by atoms with Crippen molar-refractivity contribution in [2.24, 2.45) is 7.05 Å². The van der Waals surface area contributed by atoms with Crippen LogP contribution in [-0.4, -0.2) is 48.2 Å². The summed E-state index contributed by atoms with van der Waals surface area (Å²) in [4.78, 5) is 18.2. The Morgan fingerprint density at radius 3 is 2.76 bits per heavy atom. The number of allylic oxidation sites excluding steroid dienone is 1. The molecule has 0 N–H and O–H groups in total. The Balaban J connectivity index is 1.57. The van der Waals surface area contributed by atoms with Gasteiger partial charge in [0.2, 0.25) is 5.91 Å². The van der Waals surface area contributed by atoms with E-state index in [-0.39, 0.29) is 5.91 Å². The summed E-state index contributed by atoms with van der Waals surface area (Å²) in [7, 11) is 2.02. The summed E-state index contributed by atoms with van der Waals surface area (Å²) in [5.74, 6) is 2.54. The van der Waals surface area contributed by atoms with Crippen LogP contribution in [-0.2, 0) is 18.4 Å². The summed E-state index contributed by atoms with van der Waals surface area (Å²) in [5.41, 5.74) is 0. The molecule has 2 aromatic heterocycles.